The molecular formula is C33H33N3O4. The first-order chi connectivity index (χ1) is 19.4. The Bertz CT molecular complexity index is 1650. The molecule has 2 aliphatic carbocycles. The maximum absolute atomic E-state index is 11.7. The van der Waals surface area contributed by atoms with E-state index >= 15 is 0 Å². The van der Waals surface area contributed by atoms with Crippen LogP contribution in [0.1, 0.15) is 77.3 Å². The van der Waals surface area contributed by atoms with Crippen molar-refractivity contribution in [3.63, 3.8) is 0 Å². The van der Waals surface area contributed by atoms with Crippen molar-refractivity contribution in [3.8, 4) is 11.3 Å². The van der Waals surface area contributed by atoms with E-state index in [1.165, 1.54) is 29.5 Å². The van der Waals surface area contributed by atoms with Gasteiger partial charge in [0.25, 0.3) is 0 Å². The number of piperidine rings is 1. The van der Waals surface area contributed by atoms with Gasteiger partial charge in [-0.2, -0.15) is 0 Å². The fourth-order valence-corrected chi connectivity index (χ4v) is 6.66. The van der Waals surface area contributed by atoms with E-state index in [2.05, 4.69) is 47.3 Å². The summed E-state index contributed by atoms with van der Waals surface area (Å²) in [5.74, 6) is 1.41. The zero-order chi connectivity index (χ0) is 27.4. The standard InChI is InChI=1S/C33H33N3O4/c1-20-4-2-3-5-24(20)30-27(31(40-35-30)22-6-7-22)16-21-17-33(18-21)12-14-36(15-13-33)28-11-10-25-26(32(38)39)9-8-23(19-37)29(25)34-28/h2-5,8-11,16,22,37H,6-7,12-15,17-19H2,1H3,(H,38,39). The van der Waals surface area contributed by atoms with Crippen LogP contribution in [0.2, 0.25) is 0 Å². The second-order valence-corrected chi connectivity index (χ2v) is 11.8. The number of carbonyl (C=O) groups is 1. The molecule has 7 rings (SSSR count). The van der Waals surface area contributed by atoms with Gasteiger partial charge in [0.05, 0.1) is 17.7 Å². The third kappa shape index (κ3) is 4.29. The minimum absolute atomic E-state index is 0.175. The van der Waals surface area contributed by atoms with Gasteiger partial charge >= 0.3 is 5.97 Å². The van der Waals surface area contributed by atoms with Crippen molar-refractivity contribution in [1.82, 2.24) is 10.1 Å². The van der Waals surface area contributed by atoms with Crippen LogP contribution in [0.15, 0.2) is 58.6 Å². The Morgan fingerprint density at radius 3 is 2.58 bits per heavy atom. The first kappa shape index (κ1) is 25.0. The molecule has 3 heterocycles. The Labute approximate surface area is 233 Å². The zero-order valence-corrected chi connectivity index (χ0v) is 22.7. The SMILES string of the molecule is Cc1ccccc1-c1noc(C2CC2)c1C=C1CC2(CCN(c3ccc4c(C(=O)O)ccc(CO)c4n3)CC2)C1. The summed E-state index contributed by atoms with van der Waals surface area (Å²) in [7, 11) is 0. The predicted molar refractivity (Wildman–Crippen MR) is 154 cm³/mol. The van der Waals surface area contributed by atoms with Gasteiger partial charge in [-0.05, 0) is 80.7 Å². The van der Waals surface area contributed by atoms with Crippen LogP contribution in [-0.2, 0) is 6.61 Å². The lowest BCUT2D eigenvalue weighted by molar-refractivity contribution is 0.0699. The number of hydrogen-bond acceptors (Lipinski definition) is 6. The molecule has 2 aromatic heterocycles. The number of rotatable bonds is 6. The van der Waals surface area contributed by atoms with Gasteiger partial charge in [0.2, 0.25) is 0 Å². The summed E-state index contributed by atoms with van der Waals surface area (Å²) < 4.78 is 5.91. The molecule has 3 fully saturated rings. The minimum atomic E-state index is -0.987. The normalized spacial score (nSPS) is 18.2. The molecule has 2 aromatic carbocycles. The Morgan fingerprint density at radius 2 is 1.88 bits per heavy atom. The second kappa shape index (κ2) is 9.59. The topological polar surface area (TPSA) is 99.7 Å². The quantitative estimate of drug-likeness (QED) is 0.282. The number of anilines is 1. The Morgan fingerprint density at radius 1 is 1.10 bits per heavy atom. The third-order valence-electron chi connectivity index (χ3n) is 9.13. The van der Waals surface area contributed by atoms with E-state index in [4.69, 9.17) is 9.51 Å². The summed E-state index contributed by atoms with van der Waals surface area (Å²) in [5, 5.41) is 24.5. The van der Waals surface area contributed by atoms with Gasteiger partial charge in [-0.1, -0.05) is 41.1 Å². The number of nitrogens with zero attached hydrogens (tertiary/aromatic N) is 3. The number of allylic oxidation sites excluding steroid dienone is 1. The molecule has 3 aliphatic rings. The predicted octanol–water partition coefficient (Wildman–Crippen LogP) is 6.73. The van der Waals surface area contributed by atoms with E-state index in [0.29, 0.717) is 27.8 Å². The molecule has 1 saturated heterocycles. The number of aromatic nitrogens is 2. The van der Waals surface area contributed by atoms with Crippen molar-refractivity contribution in [2.24, 2.45) is 5.41 Å². The molecule has 40 heavy (non-hydrogen) atoms. The average Bonchev–Trinajstić information content (AvgIpc) is 3.72. The highest BCUT2D eigenvalue weighted by molar-refractivity contribution is 6.03. The van der Waals surface area contributed by atoms with E-state index in [0.717, 1.165) is 61.6 Å². The van der Waals surface area contributed by atoms with Crippen LogP contribution in [0.4, 0.5) is 5.82 Å². The van der Waals surface area contributed by atoms with E-state index in [9.17, 15) is 15.0 Å². The molecule has 0 unspecified atom stereocenters. The second-order valence-electron chi connectivity index (χ2n) is 11.8. The number of pyridine rings is 1. The van der Waals surface area contributed by atoms with Gasteiger partial charge < -0.3 is 19.6 Å². The molecule has 2 N–H and O–H groups in total. The van der Waals surface area contributed by atoms with Crippen LogP contribution in [0, 0.1) is 12.3 Å². The molecular weight excluding hydrogens is 502 g/mol. The van der Waals surface area contributed by atoms with Crippen LogP contribution in [0.3, 0.4) is 0 Å². The van der Waals surface area contributed by atoms with Crippen LogP contribution in [-0.4, -0.2) is 39.4 Å². The average molecular weight is 536 g/mol. The monoisotopic (exact) mass is 535 g/mol. The van der Waals surface area contributed by atoms with E-state index in [-0.39, 0.29) is 12.2 Å². The van der Waals surface area contributed by atoms with Gasteiger partial charge in [0.15, 0.2) is 0 Å². The number of aryl methyl sites for hydroxylation is 1. The van der Waals surface area contributed by atoms with Gasteiger partial charge in [-0.3, -0.25) is 0 Å². The molecule has 0 amide bonds. The Hall–Kier alpha value is -3.97. The summed E-state index contributed by atoms with van der Waals surface area (Å²) in [6, 6.07) is 15.3. The van der Waals surface area contributed by atoms with Crippen molar-refractivity contribution in [2.45, 2.75) is 58.0 Å². The molecule has 1 aliphatic heterocycles. The molecule has 0 bridgehead atoms. The van der Waals surface area contributed by atoms with Crippen LogP contribution < -0.4 is 4.90 Å². The molecule has 7 heteroatoms. The molecule has 0 atom stereocenters. The summed E-state index contributed by atoms with van der Waals surface area (Å²) in [6.45, 7) is 3.77. The van der Waals surface area contributed by atoms with E-state index in [1.807, 2.05) is 12.1 Å². The van der Waals surface area contributed by atoms with Gasteiger partial charge in [0.1, 0.15) is 17.3 Å². The van der Waals surface area contributed by atoms with Gasteiger partial charge in [-0.15, -0.1) is 0 Å². The highest BCUT2D eigenvalue weighted by Gasteiger charge is 2.43. The molecule has 4 aromatic rings. The first-order valence-corrected chi connectivity index (χ1v) is 14.2. The minimum Gasteiger partial charge on any atom is -0.478 e. The number of hydrogen-bond donors (Lipinski definition) is 2. The molecule has 2 saturated carbocycles. The van der Waals surface area contributed by atoms with Crippen LogP contribution >= 0.6 is 0 Å². The van der Waals surface area contributed by atoms with Crippen molar-refractivity contribution < 1.29 is 19.5 Å². The smallest absolute Gasteiger partial charge is 0.336 e. The van der Waals surface area contributed by atoms with Crippen molar-refractivity contribution in [1.29, 1.82) is 0 Å². The maximum atomic E-state index is 11.7. The third-order valence-corrected chi connectivity index (χ3v) is 9.13. The largest absolute Gasteiger partial charge is 0.478 e. The molecule has 1 spiro atoms. The summed E-state index contributed by atoms with van der Waals surface area (Å²) in [6.07, 6.45) is 9.12. The van der Waals surface area contributed by atoms with Crippen molar-refractivity contribution in [3.05, 3.63) is 82.1 Å². The number of aromatic carboxylic acids is 1. The lowest BCUT2D eigenvalue weighted by Crippen LogP contribution is -2.44. The van der Waals surface area contributed by atoms with Crippen molar-refractivity contribution in [2.75, 3.05) is 18.0 Å². The number of carboxylic acids is 1. The number of aliphatic hydroxyl groups is 1. The van der Waals surface area contributed by atoms with Gasteiger partial charge in [-0.25, -0.2) is 9.78 Å². The number of benzene rings is 2. The van der Waals surface area contributed by atoms with Crippen molar-refractivity contribution >= 4 is 28.8 Å². The van der Waals surface area contributed by atoms with Gasteiger partial charge in [0, 0.05) is 41.1 Å². The highest BCUT2D eigenvalue weighted by Crippen LogP contribution is 2.54. The lowest BCUT2D eigenvalue weighted by atomic mass is 9.60. The fraction of sp³-hybridized carbons (Fsp3) is 0.364. The summed E-state index contributed by atoms with van der Waals surface area (Å²) >= 11 is 0. The number of aliphatic hydroxyl groups excluding tert-OH is 1. The van der Waals surface area contributed by atoms with E-state index in [1.54, 1.807) is 12.1 Å². The first-order valence-electron chi connectivity index (χ1n) is 14.2. The van der Waals surface area contributed by atoms with Crippen LogP contribution in [0.25, 0.3) is 28.2 Å². The lowest BCUT2D eigenvalue weighted by Gasteiger charge is -2.49. The summed E-state index contributed by atoms with van der Waals surface area (Å²) in [4.78, 5) is 18.8. The molecule has 204 valence electrons. The van der Waals surface area contributed by atoms with Crippen LogP contribution in [0.5, 0.6) is 0 Å². The number of carboxylic acid groups (broad SMARTS) is 1. The zero-order valence-electron chi connectivity index (χ0n) is 22.7. The number of fused-ring (bicyclic) bond motifs is 1. The summed E-state index contributed by atoms with van der Waals surface area (Å²) in [5.41, 5.74) is 7.74. The highest BCUT2D eigenvalue weighted by atomic mass is 16.5. The molecule has 7 nitrogen and oxygen atoms in total. The molecule has 0 radical (unpaired) electrons. The fourth-order valence-electron chi connectivity index (χ4n) is 6.66. The van der Waals surface area contributed by atoms with E-state index < -0.39 is 5.97 Å². The maximum Gasteiger partial charge on any atom is 0.336 e. The Kier molecular flexibility index (Phi) is 6.00. The Balaban J connectivity index is 1.09.